The van der Waals surface area contributed by atoms with E-state index in [-0.39, 0.29) is 18.5 Å². The first-order valence-electron chi connectivity index (χ1n) is 5.07. The van der Waals surface area contributed by atoms with Crippen molar-refractivity contribution >= 4 is 5.97 Å². The molecule has 3 nitrogen and oxygen atoms in total. The van der Waals surface area contributed by atoms with Crippen LogP contribution in [0.25, 0.3) is 0 Å². The van der Waals surface area contributed by atoms with Crippen molar-refractivity contribution in [2.75, 3.05) is 6.61 Å². The van der Waals surface area contributed by atoms with Gasteiger partial charge in [0.2, 0.25) is 0 Å². The summed E-state index contributed by atoms with van der Waals surface area (Å²) in [7, 11) is 0. The molecule has 0 atom stereocenters. The summed E-state index contributed by atoms with van der Waals surface area (Å²) >= 11 is 0. The second-order valence-electron chi connectivity index (χ2n) is 3.74. The molecular weight excluding hydrogens is 211 g/mol. The first kappa shape index (κ1) is 12.5. The molecule has 1 rings (SSSR count). The topological polar surface area (TPSA) is 35.5 Å². The van der Waals surface area contributed by atoms with E-state index >= 15 is 0 Å². The van der Waals surface area contributed by atoms with Crippen LogP contribution in [0.15, 0.2) is 18.2 Å². The molecule has 0 fully saturated rings. The zero-order valence-electron chi connectivity index (χ0n) is 9.62. The van der Waals surface area contributed by atoms with E-state index in [4.69, 9.17) is 9.47 Å². The number of carbonyl (C=O) groups excluding carboxylic acids is 1. The summed E-state index contributed by atoms with van der Waals surface area (Å²) < 4.78 is 22.9. The van der Waals surface area contributed by atoms with E-state index in [1.165, 1.54) is 18.2 Å². The summed E-state index contributed by atoms with van der Waals surface area (Å²) in [6.07, 6.45) is -0.162. The maximum atomic E-state index is 12.8. The molecule has 0 saturated heterocycles. The fraction of sp³-hybridized carbons (Fsp3) is 0.417. The fourth-order valence-corrected chi connectivity index (χ4v) is 1.21. The Kier molecular flexibility index (Phi) is 4.28. The van der Waals surface area contributed by atoms with Crippen LogP contribution in [0.5, 0.6) is 5.75 Å². The van der Waals surface area contributed by atoms with Gasteiger partial charge in [-0.05, 0) is 44.5 Å². The highest BCUT2D eigenvalue weighted by Crippen LogP contribution is 2.18. The minimum absolute atomic E-state index is 0.162. The largest absolute Gasteiger partial charge is 0.482 e. The van der Waals surface area contributed by atoms with Gasteiger partial charge in [-0.3, -0.25) is 0 Å². The third-order valence-corrected chi connectivity index (χ3v) is 1.85. The number of carbonyl (C=O) groups is 1. The number of aryl methyl sites for hydroxylation is 1. The molecule has 16 heavy (non-hydrogen) atoms. The van der Waals surface area contributed by atoms with Gasteiger partial charge in [0, 0.05) is 0 Å². The molecule has 0 aliphatic carbocycles. The van der Waals surface area contributed by atoms with Gasteiger partial charge in [-0.25, -0.2) is 9.18 Å². The lowest BCUT2D eigenvalue weighted by molar-refractivity contribution is -0.149. The fourth-order valence-electron chi connectivity index (χ4n) is 1.21. The number of halogens is 1. The van der Waals surface area contributed by atoms with Crippen molar-refractivity contribution in [3.8, 4) is 5.75 Å². The second-order valence-corrected chi connectivity index (χ2v) is 3.74. The van der Waals surface area contributed by atoms with E-state index in [0.717, 1.165) is 0 Å². The smallest absolute Gasteiger partial charge is 0.344 e. The molecule has 0 aliphatic rings. The molecule has 0 N–H and O–H groups in total. The van der Waals surface area contributed by atoms with Crippen molar-refractivity contribution in [1.29, 1.82) is 0 Å². The zero-order chi connectivity index (χ0) is 12.1. The zero-order valence-corrected chi connectivity index (χ0v) is 9.62. The van der Waals surface area contributed by atoms with E-state index < -0.39 is 5.97 Å². The van der Waals surface area contributed by atoms with Crippen LogP contribution >= 0.6 is 0 Å². The summed E-state index contributed by atoms with van der Waals surface area (Å²) in [5, 5.41) is 0. The number of hydrogen-bond acceptors (Lipinski definition) is 3. The van der Waals surface area contributed by atoms with Gasteiger partial charge in [0.05, 0.1) is 6.10 Å². The lowest BCUT2D eigenvalue weighted by Gasteiger charge is -2.10. The van der Waals surface area contributed by atoms with Crippen molar-refractivity contribution in [2.24, 2.45) is 0 Å². The average molecular weight is 226 g/mol. The van der Waals surface area contributed by atoms with Gasteiger partial charge in [0.15, 0.2) is 6.61 Å². The maximum absolute atomic E-state index is 12.8. The molecule has 0 unspecified atom stereocenters. The Morgan fingerprint density at radius 3 is 2.69 bits per heavy atom. The molecule has 0 saturated carbocycles. The highest BCUT2D eigenvalue weighted by atomic mass is 19.1. The lowest BCUT2D eigenvalue weighted by atomic mass is 10.2. The van der Waals surface area contributed by atoms with Gasteiger partial charge >= 0.3 is 5.97 Å². The predicted molar refractivity (Wildman–Crippen MR) is 57.9 cm³/mol. The van der Waals surface area contributed by atoms with Crippen molar-refractivity contribution in [3.05, 3.63) is 29.6 Å². The molecular formula is C12H15FO3. The maximum Gasteiger partial charge on any atom is 0.344 e. The van der Waals surface area contributed by atoms with Crippen LogP contribution in [-0.2, 0) is 9.53 Å². The molecule has 0 radical (unpaired) electrons. The van der Waals surface area contributed by atoms with Gasteiger partial charge in [-0.2, -0.15) is 0 Å². The predicted octanol–water partition coefficient (Wildman–Crippen LogP) is 2.46. The standard InChI is InChI=1S/C12H15FO3/c1-8(2)16-12(14)7-15-11-5-4-10(13)6-9(11)3/h4-6,8H,7H2,1-3H3. The number of hydrogen-bond donors (Lipinski definition) is 0. The van der Waals surface area contributed by atoms with Crippen molar-refractivity contribution < 1.29 is 18.7 Å². The van der Waals surface area contributed by atoms with Crippen LogP contribution in [-0.4, -0.2) is 18.7 Å². The molecule has 0 aliphatic heterocycles. The van der Waals surface area contributed by atoms with Crippen molar-refractivity contribution in [2.45, 2.75) is 26.9 Å². The third-order valence-electron chi connectivity index (χ3n) is 1.85. The van der Waals surface area contributed by atoms with Crippen LogP contribution in [0.1, 0.15) is 19.4 Å². The minimum Gasteiger partial charge on any atom is -0.482 e. The second kappa shape index (κ2) is 5.49. The van der Waals surface area contributed by atoms with E-state index in [2.05, 4.69) is 0 Å². The Labute approximate surface area is 94.2 Å². The van der Waals surface area contributed by atoms with E-state index in [0.29, 0.717) is 11.3 Å². The van der Waals surface area contributed by atoms with Crippen LogP contribution in [0.4, 0.5) is 4.39 Å². The number of ether oxygens (including phenoxy) is 2. The van der Waals surface area contributed by atoms with E-state index in [9.17, 15) is 9.18 Å². The Morgan fingerprint density at radius 1 is 1.44 bits per heavy atom. The van der Waals surface area contributed by atoms with Crippen molar-refractivity contribution in [1.82, 2.24) is 0 Å². The van der Waals surface area contributed by atoms with Crippen LogP contribution < -0.4 is 4.74 Å². The Balaban J connectivity index is 2.51. The van der Waals surface area contributed by atoms with Crippen LogP contribution in [0.2, 0.25) is 0 Å². The first-order chi connectivity index (χ1) is 7.49. The molecule has 1 aromatic carbocycles. The third kappa shape index (κ3) is 3.88. The lowest BCUT2D eigenvalue weighted by Crippen LogP contribution is -2.18. The highest BCUT2D eigenvalue weighted by molar-refractivity contribution is 5.71. The molecule has 4 heteroatoms. The molecule has 0 heterocycles. The first-order valence-corrected chi connectivity index (χ1v) is 5.07. The number of esters is 1. The van der Waals surface area contributed by atoms with Gasteiger partial charge in [0.25, 0.3) is 0 Å². The molecule has 1 aromatic rings. The van der Waals surface area contributed by atoms with Gasteiger partial charge in [0.1, 0.15) is 11.6 Å². The Bertz CT molecular complexity index is 375. The Hall–Kier alpha value is -1.58. The summed E-state index contributed by atoms with van der Waals surface area (Å²) in [6, 6.07) is 4.13. The van der Waals surface area contributed by atoms with E-state index in [1.54, 1.807) is 20.8 Å². The number of rotatable bonds is 4. The van der Waals surface area contributed by atoms with Gasteiger partial charge in [-0.1, -0.05) is 0 Å². The summed E-state index contributed by atoms with van der Waals surface area (Å²) in [6.45, 7) is 5.08. The summed E-state index contributed by atoms with van der Waals surface area (Å²) in [4.78, 5) is 11.2. The Morgan fingerprint density at radius 2 is 2.12 bits per heavy atom. The van der Waals surface area contributed by atoms with Crippen molar-refractivity contribution in [3.63, 3.8) is 0 Å². The molecule has 0 amide bonds. The molecule has 0 aromatic heterocycles. The monoisotopic (exact) mass is 226 g/mol. The summed E-state index contributed by atoms with van der Waals surface area (Å²) in [5.41, 5.74) is 0.650. The molecule has 0 bridgehead atoms. The SMILES string of the molecule is Cc1cc(F)ccc1OCC(=O)OC(C)C. The number of benzene rings is 1. The molecule has 0 spiro atoms. The summed E-state index contributed by atoms with van der Waals surface area (Å²) in [5.74, 6) is -0.268. The molecule has 88 valence electrons. The van der Waals surface area contributed by atoms with Crippen LogP contribution in [0, 0.1) is 12.7 Å². The van der Waals surface area contributed by atoms with Crippen LogP contribution in [0.3, 0.4) is 0 Å². The average Bonchev–Trinajstić information content (AvgIpc) is 2.15. The minimum atomic E-state index is -0.432. The highest BCUT2D eigenvalue weighted by Gasteiger charge is 2.08. The van der Waals surface area contributed by atoms with Gasteiger partial charge in [-0.15, -0.1) is 0 Å². The van der Waals surface area contributed by atoms with Gasteiger partial charge < -0.3 is 9.47 Å². The quantitative estimate of drug-likeness (QED) is 0.740. The van der Waals surface area contributed by atoms with E-state index in [1.807, 2.05) is 0 Å². The normalized spacial score (nSPS) is 10.3.